The summed E-state index contributed by atoms with van der Waals surface area (Å²) < 4.78 is 23.4. The Morgan fingerprint density at radius 3 is 2.57 bits per heavy atom. The Labute approximate surface area is 167 Å². The molecule has 4 rings (SSSR count). The van der Waals surface area contributed by atoms with E-state index in [4.69, 9.17) is 5.14 Å². The number of nitrogens with zero attached hydrogens (tertiary/aromatic N) is 2. The van der Waals surface area contributed by atoms with Crippen molar-refractivity contribution in [3.8, 4) is 0 Å². The van der Waals surface area contributed by atoms with Gasteiger partial charge < -0.3 is 5.32 Å². The van der Waals surface area contributed by atoms with E-state index in [0.717, 1.165) is 40.1 Å². The van der Waals surface area contributed by atoms with E-state index in [2.05, 4.69) is 15.3 Å². The van der Waals surface area contributed by atoms with E-state index in [0.29, 0.717) is 22.0 Å². The Balaban J connectivity index is 1.70. The molecule has 28 heavy (non-hydrogen) atoms. The maximum absolute atomic E-state index is 12.9. The maximum Gasteiger partial charge on any atom is 0.266 e. The van der Waals surface area contributed by atoms with Crippen LogP contribution < -0.4 is 10.5 Å². The van der Waals surface area contributed by atoms with Crippen molar-refractivity contribution in [2.45, 2.75) is 44.4 Å². The predicted molar refractivity (Wildman–Crippen MR) is 109 cm³/mol. The molecular weight excluding hydrogens is 396 g/mol. The van der Waals surface area contributed by atoms with Crippen molar-refractivity contribution in [1.29, 1.82) is 0 Å². The molecule has 146 valence electrons. The first-order chi connectivity index (χ1) is 13.1. The van der Waals surface area contributed by atoms with Crippen molar-refractivity contribution in [1.82, 2.24) is 9.97 Å². The van der Waals surface area contributed by atoms with E-state index >= 15 is 0 Å². The van der Waals surface area contributed by atoms with Gasteiger partial charge in [0.15, 0.2) is 0 Å². The van der Waals surface area contributed by atoms with Crippen molar-refractivity contribution in [3.63, 3.8) is 0 Å². The number of benzene rings is 1. The molecule has 1 aliphatic carbocycles. The fourth-order valence-corrected chi connectivity index (χ4v) is 5.22. The van der Waals surface area contributed by atoms with E-state index in [-0.39, 0.29) is 10.8 Å². The predicted octanol–water partition coefficient (Wildman–Crippen LogP) is 3.39. The molecule has 2 aromatic heterocycles. The third-order valence-corrected chi connectivity index (χ3v) is 7.13. The summed E-state index contributed by atoms with van der Waals surface area (Å²) >= 11 is 1.33. The van der Waals surface area contributed by atoms with Crippen LogP contribution >= 0.6 is 11.3 Å². The van der Waals surface area contributed by atoms with Gasteiger partial charge >= 0.3 is 0 Å². The fourth-order valence-electron chi connectivity index (χ4n) is 3.27. The lowest BCUT2D eigenvalue weighted by Gasteiger charge is -2.08. The minimum Gasteiger partial charge on any atom is -0.321 e. The first-order valence-corrected chi connectivity index (χ1v) is 11.2. The number of rotatable bonds is 4. The normalized spacial score (nSPS) is 14.4. The summed E-state index contributed by atoms with van der Waals surface area (Å²) in [6.07, 6.45) is 2.23. The molecule has 1 amide bonds. The van der Waals surface area contributed by atoms with Gasteiger partial charge in [-0.3, -0.25) is 4.79 Å². The molecule has 0 unspecified atom stereocenters. The number of primary sulfonamides is 1. The number of nitrogens with two attached hydrogens (primary N) is 1. The highest BCUT2D eigenvalue weighted by Gasteiger charge is 2.28. The number of anilines is 1. The molecule has 0 bridgehead atoms. The van der Waals surface area contributed by atoms with Crippen LogP contribution in [0.4, 0.5) is 5.69 Å². The van der Waals surface area contributed by atoms with E-state index in [1.54, 1.807) is 19.1 Å². The molecule has 0 atom stereocenters. The molecule has 1 fully saturated rings. The zero-order valence-corrected chi connectivity index (χ0v) is 17.4. The van der Waals surface area contributed by atoms with Crippen LogP contribution in [-0.2, 0) is 10.0 Å². The average Bonchev–Trinajstić information content (AvgIpc) is 3.39. The number of hydrogen-bond acceptors (Lipinski definition) is 6. The topological polar surface area (TPSA) is 115 Å². The molecule has 1 aromatic carbocycles. The monoisotopic (exact) mass is 416 g/mol. The van der Waals surface area contributed by atoms with Gasteiger partial charge in [0.25, 0.3) is 5.91 Å². The van der Waals surface area contributed by atoms with Gasteiger partial charge in [0, 0.05) is 17.0 Å². The number of amides is 1. The molecule has 7 nitrogen and oxygen atoms in total. The number of aryl methyl sites for hydroxylation is 3. The molecule has 3 N–H and O–H groups in total. The van der Waals surface area contributed by atoms with Crippen LogP contribution in [-0.4, -0.2) is 24.3 Å². The Kier molecular flexibility index (Phi) is 4.48. The minimum absolute atomic E-state index is 0.00542. The SMILES string of the molecule is Cc1ccc(NC(=O)c2sc3nc(C4CC4)nc(C)c3c2C)cc1S(N)(=O)=O. The summed E-state index contributed by atoms with van der Waals surface area (Å²) in [4.78, 5) is 23.5. The molecule has 2 heterocycles. The second-order valence-corrected chi connectivity index (χ2v) is 9.69. The molecule has 0 spiro atoms. The van der Waals surface area contributed by atoms with Gasteiger partial charge in [-0.2, -0.15) is 0 Å². The molecular formula is C19H20N4O3S2. The van der Waals surface area contributed by atoms with Crippen LogP contribution in [0.1, 0.15) is 51.1 Å². The van der Waals surface area contributed by atoms with Crippen LogP contribution in [0.25, 0.3) is 10.2 Å². The first kappa shape index (κ1) is 19.0. The highest BCUT2D eigenvalue weighted by Crippen LogP contribution is 2.40. The number of sulfonamides is 1. The zero-order valence-electron chi connectivity index (χ0n) is 15.7. The molecule has 9 heteroatoms. The van der Waals surface area contributed by atoms with Gasteiger partial charge in [0.2, 0.25) is 10.0 Å². The number of thiophene rings is 1. The Morgan fingerprint density at radius 1 is 1.21 bits per heavy atom. The van der Waals surface area contributed by atoms with Crippen LogP contribution in [0.2, 0.25) is 0 Å². The van der Waals surface area contributed by atoms with Gasteiger partial charge in [-0.05, 0) is 56.9 Å². The standard InChI is InChI=1S/C19H20N4O3S2/c1-9-4-7-13(8-14(9)28(20,25)26)22-18(24)16-10(2)15-11(3)21-17(12-5-6-12)23-19(15)27-16/h4,7-8,12H,5-6H2,1-3H3,(H,22,24)(H2,20,25,26). The van der Waals surface area contributed by atoms with E-state index in [1.807, 2.05) is 13.8 Å². The van der Waals surface area contributed by atoms with Gasteiger partial charge in [0.05, 0.1) is 15.5 Å². The molecule has 0 aliphatic heterocycles. The van der Waals surface area contributed by atoms with Crippen molar-refractivity contribution < 1.29 is 13.2 Å². The quantitative estimate of drug-likeness (QED) is 0.676. The summed E-state index contributed by atoms with van der Waals surface area (Å²) in [6, 6.07) is 4.65. The largest absolute Gasteiger partial charge is 0.321 e. The van der Waals surface area contributed by atoms with Crippen molar-refractivity contribution in [2.75, 3.05) is 5.32 Å². The second-order valence-electron chi connectivity index (χ2n) is 7.16. The van der Waals surface area contributed by atoms with Crippen molar-refractivity contribution >= 4 is 43.2 Å². The highest BCUT2D eigenvalue weighted by atomic mass is 32.2. The lowest BCUT2D eigenvalue weighted by Crippen LogP contribution is -2.16. The van der Waals surface area contributed by atoms with Crippen molar-refractivity contribution in [2.24, 2.45) is 5.14 Å². The third-order valence-electron chi connectivity index (χ3n) is 4.89. The number of carbonyl (C=O) groups excluding carboxylic acids is 1. The first-order valence-electron chi connectivity index (χ1n) is 8.87. The Hall–Kier alpha value is -2.36. The van der Waals surface area contributed by atoms with Crippen LogP contribution in [0, 0.1) is 20.8 Å². The van der Waals surface area contributed by atoms with Crippen LogP contribution in [0.3, 0.4) is 0 Å². The number of fused-ring (bicyclic) bond motifs is 1. The third kappa shape index (κ3) is 3.41. The molecule has 0 radical (unpaired) electrons. The van der Waals surface area contributed by atoms with Gasteiger partial charge in [-0.15, -0.1) is 11.3 Å². The van der Waals surface area contributed by atoms with Gasteiger partial charge in [0.1, 0.15) is 10.7 Å². The summed E-state index contributed by atoms with van der Waals surface area (Å²) in [5, 5.41) is 8.93. The highest BCUT2D eigenvalue weighted by molar-refractivity contribution is 7.89. The lowest BCUT2D eigenvalue weighted by atomic mass is 10.1. The molecule has 1 aliphatic rings. The van der Waals surface area contributed by atoms with E-state index in [1.165, 1.54) is 17.4 Å². The average molecular weight is 417 g/mol. The fraction of sp³-hybridized carbons (Fsp3) is 0.316. The molecule has 1 saturated carbocycles. The molecule has 3 aromatic rings. The van der Waals surface area contributed by atoms with Crippen LogP contribution in [0.15, 0.2) is 23.1 Å². The second kappa shape index (κ2) is 6.61. The molecule has 0 saturated heterocycles. The summed E-state index contributed by atoms with van der Waals surface area (Å²) in [7, 11) is -3.86. The number of aromatic nitrogens is 2. The lowest BCUT2D eigenvalue weighted by molar-refractivity contribution is 0.103. The minimum atomic E-state index is -3.86. The Morgan fingerprint density at radius 2 is 1.93 bits per heavy atom. The Bertz CT molecular complexity index is 1230. The zero-order chi connectivity index (χ0) is 20.2. The van der Waals surface area contributed by atoms with Gasteiger partial charge in [-0.1, -0.05) is 6.07 Å². The number of hydrogen-bond donors (Lipinski definition) is 2. The summed E-state index contributed by atoms with van der Waals surface area (Å²) in [5.41, 5.74) is 2.61. The summed E-state index contributed by atoms with van der Waals surface area (Å²) in [6.45, 7) is 5.47. The number of carbonyl (C=O) groups is 1. The summed E-state index contributed by atoms with van der Waals surface area (Å²) in [5.74, 6) is 0.985. The van der Waals surface area contributed by atoms with Crippen LogP contribution in [0.5, 0.6) is 0 Å². The van der Waals surface area contributed by atoms with Gasteiger partial charge in [-0.25, -0.2) is 23.5 Å². The van der Waals surface area contributed by atoms with Crippen molar-refractivity contribution in [3.05, 3.63) is 45.7 Å². The van der Waals surface area contributed by atoms with E-state index in [9.17, 15) is 13.2 Å². The maximum atomic E-state index is 12.9. The smallest absolute Gasteiger partial charge is 0.266 e. The van der Waals surface area contributed by atoms with E-state index < -0.39 is 10.0 Å². The number of nitrogens with one attached hydrogen (secondary N) is 1.